The maximum Gasteiger partial charge on any atom is 0.0231 e. The van der Waals surface area contributed by atoms with Gasteiger partial charge >= 0.3 is 0 Å². The quantitative estimate of drug-likeness (QED) is 0.804. The van der Waals surface area contributed by atoms with Gasteiger partial charge in [-0.15, -0.1) is 0 Å². The van der Waals surface area contributed by atoms with Crippen LogP contribution in [-0.2, 0) is 6.54 Å². The van der Waals surface area contributed by atoms with Gasteiger partial charge in [0.1, 0.15) is 0 Å². The van der Waals surface area contributed by atoms with E-state index >= 15 is 0 Å². The highest BCUT2D eigenvalue weighted by molar-refractivity contribution is 5.22. The molecule has 2 nitrogen and oxygen atoms in total. The third kappa shape index (κ3) is 3.69. The lowest BCUT2D eigenvalue weighted by atomic mass is 10.1. The molecule has 2 rings (SSSR count). The minimum absolute atomic E-state index is 0.271. The molecule has 0 heterocycles. The number of aryl methyl sites for hydroxylation is 1. The summed E-state index contributed by atoms with van der Waals surface area (Å²) >= 11 is 0. The predicted octanol–water partition coefficient (Wildman–Crippen LogP) is 2.33. The first-order valence-corrected chi connectivity index (χ1v) is 6.31. The molecular formula is C15H22N2. The SMILES string of the molecule is Cc1cccc(CN(C)CC2C=CC(N)C2)c1. The van der Waals surface area contributed by atoms with Crippen molar-refractivity contribution >= 4 is 0 Å². The van der Waals surface area contributed by atoms with Crippen LogP contribution >= 0.6 is 0 Å². The fourth-order valence-electron chi connectivity index (χ4n) is 2.53. The summed E-state index contributed by atoms with van der Waals surface area (Å²) in [6, 6.07) is 8.99. The molecule has 0 bridgehead atoms. The van der Waals surface area contributed by atoms with Gasteiger partial charge in [-0.05, 0) is 31.9 Å². The van der Waals surface area contributed by atoms with Crippen LogP contribution in [0.1, 0.15) is 17.5 Å². The average Bonchev–Trinajstić information content (AvgIpc) is 2.63. The zero-order valence-electron chi connectivity index (χ0n) is 10.8. The van der Waals surface area contributed by atoms with Gasteiger partial charge in [-0.3, -0.25) is 0 Å². The van der Waals surface area contributed by atoms with E-state index in [0.29, 0.717) is 5.92 Å². The van der Waals surface area contributed by atoms with Crippen LogP contribution in [0.25, 0.3) is 0 Å². The number of benzene rings is 1. The second kappa shape index (κ2) is 5.48. The van der Waals surface area contributed by atoms with Crippen LogP contribution in [0.3, 0.4) is 0 Å². The second-order valence-electron chi connectivity index (χ2n) is 5.23. The molecule has 17 heavy (non-hydrogen) atoms. The molecule has 1 aromatic carbocycles. The Morgan fingerprint density at radius 3 is 2.82 bits per heavy atom. The molecule has 1 aliphatic carbocycles. The Bertz CT molecular complexity index is 398. The molecule has 2 atom stereocenters. The predicted molar refractivity (Wildman–Crippen MR) is 72.7 cm³/mol. The van der Waals surface area contributed by atoms with Gasteiger partial charge in [0.25, 0.3) is 0 Å². The van der Waals surface area contributed by atoms with E-state index < -0.39 is 0 Å². The van der Waals surface area contributed by atoms with Crippen LogP contribution in [-0.4, -0.2) is 24.5 Å². The zero-order valence-corrected chi connectivity index (χ0v) is 10.8. The number of nitrogens with zero attached hydrogens (tertiary/aromatic N) is 1. The summed E-state index contributed by atoms with van der Waals surface area (Å²) in [5, 5.41) is 0. The largest absolute Gasteiger partial charge is 0.324 e. The van der Waals surface area contributed by atoms with Crippen LogP contribution in [0.2, 0.25) is 0 Å². The van der Waals surface area contributed by atoms with Crippen LogP contribution in [0.5, 0.6) is 0 Å². The maximum absolute atomic E-state index is 5.87. The van der Waals surface area contributed by atoms with E-state index in [0.717, 1.165) is 19.5 Å². The first kappa shape index (κ1) is 12.3. The number of rotatable bonds is 4. The van der Waals surface area contributed by atoms with E-state index in [1.807, 2.05) is 0 Å². The third-order valence-corrected chi connectivity index (χ3v) is 3.29. The molecule has 1 aromatic rings. The Balaban J connectivity index is 1.85. The van der Waals surface area contributed by atoms with Crippen LogP contribution in [0.15, 0.2) is 36.4 Å². The highest BCUT2D eigenvalue weighted by atomic mass is 15.1. The van der Waals surface area contributed by atoms with Gasteiger partial charge in [0, 0.05) is 19.1 Å². The Kier molecular flexibility index (Phi) is 3.97. The van der Waals surface area contributed by atoms with Gasteiger partial charge in [-0.2, -0.15) is 0 Å². The molecule has 0 spiro atoms. The van der Waals surface area contributed by atoms with E-state index in [2.05, 4.69) is 55.3 Å². The number of hydrogen-bond donors (Lipinski definition) is 1. The zero-order chi connectivity index (χ0) is 12.3. The molecule has 0 aliphatic heterocycles. The van der Waals surface area contributed by atoms with Crippen molar-refractivity contribution in [2.75, 3.05) is 13.6 Å². The Morgan fingerprint density at radius 1 is 1.35 bits per heavy atom. The molecule has 0 amide bonds. The standard InChI is InChI=1S/C15H22N2/c1-12-4-3-5-13(8-12)10-17(2)11-14-6-7-15(16)9-14/h3-8,14-15H,9-11,16H2,1-2H3. The lowest BCUT2D eigenvalue weighted by molar-refractivity contribution is 0.288. The fraction of sp³-hybridized carbons (Fsp3) is 0.467. The van der Waals surface area contributed by atoms with Crippen LogP contribution in [0, 0.1) is 12.8 Å². The molecule has 0 fully saturated rings. The smallest absolute Gasteiger partial charge is 0.0231 e. The van der Waals surface area contributed by atoms with Gasteiger partial charge in [-0.1, -0.05) is 42.0 Å². The van der Waals surface area contributed by atoms with E-state index in [4.69, 9.17) is 5.73 Å². The summed E-state index contributed by atoms with van der Waals surface area (Å²) in [4.78, 5) is 2.38. The number of hydrogen-bond acceptors (Lipinski definition) is 2. The van der Waals surface area contributed by atoms with Crippen molar-refractivity contribution in [3.8, 4) is 0 Å². The Morgan fingerprint density at radius 2 is 2.18 bits per heavy atom. The summed E-state index contributed by atoms with van der Waals surface area (Å²) in [5.74, 6) is 0.625. The van der Waals surface area contributed by atoms with Gasteiger partial charge in [0.15, 0.2) is 0 Å². The number of nitrogens with two attached hydrogens (primary N) is 1. The van der Waals surface area contributed by atoms with Gasteiger partial charge in [-0.25, -0.2) is 0 Å². The monoisotopic (exact) mass is 230 g/mol. The summed E-state index contributed by atoms with van der Waals surface area (Å²) in [6.45, 7) is 4.25. The van der Waals surface area contributed by atoms with Gasteiger partial charge < -0.3 is 10.6 Å². The molecule has 92 valence electrons. The molecule has 2 heteroatoms. The summed E-state index contributed by atoms with van der Waals surface area (Å²) < 4.78 is 0. The second-order valence-corrected chi connectivity index (χ2v) is 5.23. The van der Waals surface area contributed by atoms with Crippen LogP contribution < -0.4 is 5.73 Å². The first-order chi connectivity index (χ1) is 8.13. The molecule has 2 unspecified atom stereocenters. The normalized spacial score (nSPS) is 23.5. The molecule has 0 radical (unpaired) electrons. The topological polar surface area (TPSA) is 29.3 Å². The summed E-state index contributed by atoms with van der Waals surface area (Å²) in [6.07, 6.45) is 5.49. The van der Waals surface area contributed by atoms with Gasteiger partial charge in [0.05, 0.1) is 0 Å². The molecule has 0 aromatic heterocycles. The minimum atomic E-state index is 0.271. The molecule has 0 saturated heterocycles. The van der Waals surface area contributed by atoms with Crippen molar-refractivity contribution in [3.05, 3.63) is 47.5 Å². The lowest BCUT2D eigenvalue weighted by Crippen LogP contribution is -2.25. The van der Waals surface area contributed by atoms with E-state index in [-0.39, 0.29) is 6.04 Å². The van der Waals surface area contributed by atoms with Crippen molar-refractivity contribution in [1.82, 2.24) is 4.90 Å². The van der Waals surface area contributed by atoms with E-state index in [1.54, 1.807) is 0 Å². The van der Waals surface area contributed by atoms with Crippen LogP contribution in [0.4, 0.5) is 0 Å². The third-order valence-electron chi connectivity index (χ3n) is 3.29. The van der Waals surface area contributed by atoms with Crippen molar-refractivity contribution in [2.24, 2.45) is 11.7 Å². The molecule has 2 N–H and O–H groups in total. The minimum Gasteiger partial charge on any atom is -0.324 e. The summed E-state index contributed by atoms with van der Waals surface area (Å²) in [5.41, 5.74) is 8.59. The van der Waals surface area contributed by atoms with E-state index in [9.17, 15) is 0 Å². The van der Waals surface area contributed by atoms with Gasteiger partial charge in [0.2, 0.25) is 0 Å². The Labute approximate surface area is 104 Å². The highest BCUT2D eigenvalue weighted by Gasteiger charge is 2.17. The van der Waals surface area contributed by atoms with E-state index in [1.165, 1.54) is 11.1 Å². The average molecular weight is 230 g/mol. The van der Waals surface area contributed by atoms with Crippen molar-refractivity contribution in [1.29, 1.82) is 0 Å². The fourth-order valence-corrected chi connectivity index (χ4v) is 2.53. The maximum atomic E-state index is 5.87. The molecule has 0 saturated carbocycles. The van der Waals surface area contributed by atoms with Crippen molar-refractivity contribution in [2.45, 2.75) is 25.9 Å². The summed E-state index contributed by atoms with van der Waals surface area (Å²) in [7, 11) is 2.18. The highest BCUT2D eigenvalue weighted by Crippen LogP contribution is 2.18. The molecular weight excluding hydrogens is 208 g/mol. The molecule has 1 aliphatic rings. The van der Waals surface area contributed by atoms with Crippen molar-refractivity contribution in [3.63, 3.8) is 0 Å². The Hall–Kier alpha value is -1.12. The van der Waals surface area contributed by atoms with Crippen molar-refractivity contribution < 1.29 is 0 Å². The first-order valence-electron chi connectivity index (χ1n) is 6.31. The lowest BCUT2D eigenvalue weighted by Gasteiger charge is -2.20.